The highest BCUT2D eigenvalue weighted by atomic mass is 32.1. The van der Waals surface area contributed by atoms with Gasteiger partial charge >= 0.3 is 0 Å². The Morgan fingerprint density at radius 2 is 0.886 bits per heavy atom. The average Bonchev–Trinajstić information content (AvgIpc) is 3.98. The lowest BCUT2D eigenvalue weighted by Crippen LogP contribution is -2.02. The Labute approximate surface area is 406 Å². The molecule has 3 aromatic heterocycles. The summed E-state index contributed by atoms with van der Waals surface area (Å²) in [4.78, 5) is 16.2. The average molecular weight is 907 g/mol. The van der Waals surface area contributed by atoms with Crippen LogP contribution in [0.25, 0.3) is 147 Å². The topological polar surface area (TPSA) is 43.6 Å². The van der Waals surface area contributed by atoms with Gasteiger partial charge in [-0.1, -0.05) is 176 Å². The molecular formula is C65H38N4S. The van der Waals surface area contributed by atoms with Gasteiger partial charge in [-0.25, -0.2) is 15.0 Å². The summed E-state index contributed by atoms with van der Waals surface area (Å²) in [5.74, 6) is 1.86. The molecule has 0 N–H and O–H groups in total. The van der Waals surface area contributed by atoms with E-state index in [1.807, 2.05) is 29.5 Å². The quantitative estimate of drug-likeness (QED) is 0.162. The number of fused-ring (bicyclic) bond motifs is 15. The zero-order chi connectivity index (χ0) is 45.9. The molecule has 70 heavy (non-hydrogen) atoms. The van der Waals surface area contributed by atoms with Crippen LogP contribution in [0.2, 0.25) is 0 Å². The number of rotatable bonds is 5. The van der Waals surface area contributed by atoms with E-state index in [9.17, 15) is 0 Å². The predicted molar refractivity (Wildman–Crippen MR) is 296 cm³/mol. The normalized spacial score (nSPS) is 12.0. The Kier molecular flexibility index (Phi) is 8.49. The molecule has 0 aliphatic carbocycles. The first-order valence-corrected chi connectivity index (χ1v) is 24.6. The molecule has 3 heterocycles. The van der Waals surface area contributed by atoms with Crippen molar-refractivity contribution in [3.05, 3.63) is 231 Å². The highest BCUT2D eigenvalue weighted by molar-refractivity contribution is 7.26. The van der Waals surface area contributed by atoms with E-state index in [1.54, 1.807) is 0 Å². The van der Waals surface area contributed by atoms with Gasteiger partial charge in [0.05, 0.1) is 11.0 Å². The summed E-state index contributed by atoms with van der Waals surface area (Å²) in [5.41, 5.74) is 8.36. The fourth-order valence-electron chi connectivity index (χ4n) is 11.2. The van der Waals surface area contributed by atoms with Crippen molar-refractivity contribution in [2.45, 2.75) is 0 Å². The van der Waals surface area contributed by atoms with E-state index < -0.39 is 0 Å². The van der Waals surface area contributed by atoms with Crippen molar-refractivity contribution < 1.29 is 0 Å². The molecule has 0 fully saturated rings. The van der Waals surface area contributed by atoms with Crippen LogP contribution in [-0.4, -0.2) is 19.5 Å². The lowest BCUT2D eigenvalue weighted by molar-refractivity contribution is 1.07. The van der Waals surface area contributed by atoms with Crippen LogP contribution in [0.5, 0.6) is 0 Å². The molecule has 0 aliphatic heterocycles. The van der Waals surface area contributed by atoms with Gasteiger partial charge in [-0.15, -0.1) is 11.3 Å². The molecule has 0 unspecified atom stereocenters. The smallest absolute Gasteiger partial charge is 0.164 e. The largest absolute Gasteiger partial charge is 0.309 e. The van der Waals surface area contributed by atoms with E-state index in [2.05, 4.69) is 217 Å². The highest BCUT2D eigenvalue weighted by Crippen LogP contribution is 2.47. The molecule has 0 aliphatic rings. The van der Waals surface area contributed by atoms with Crippen LogP contribution >= 0.6 is 11.3 Å². The maximum atomic E-state index is 5.51. The molecule has 5 heteroatoms. The zero-order valence-corrected chi connectivity index (χ0v) is 38.5. The molecule has 12 aromatic carbocycles. The van der Waals surface area contributed by atoms with Crippen LogP contribution in [-0.2, 0) is 0 Å². The van der Waals surface area contributed by atoms with Gasteiger partial charge in [-0.05, 0) is 120 Å². The Balaban J connectivity index is 1.03. The number of benzene rings is 12. The van der Waals surface area contributed by atoms with E-state index in [1.165, 1.54) is 84.8 Å². The van der Waals surface area contributed by atoms with Gasteiger partial charge in [-0.3, -0.25) is 0 Å². The second-order valence-electron chi connectivity index (χ2n) is 18.3. The highest BCUT2D eigenvalue weighted by Gasteiger charge is 2.23. The van der Waals surface area contributed by atoms with E-state index in [0.29, 0.717) is 17.5 Å². The van der Waals surface area contributed by atoms with Gasteiger partial charge < -0.3 is 4.57 Å². The van der Waals surface area contributed by atoms with Crippen molar-refractivity contribution in [2.75, 3.05) is 0 Å². The molecule has 4 nitrogen and oxygen atoms in total. The van der Waals surface area contributed by atoms with Crippen LogP contribution in [0.3, 0.4) is 0 Å². The third kappa shape index (κ3) is 5.92. The van der Waals surface area contributed by atoms with Crippen molar-refractivity contribution in [1.82, 2.24) is 19.5 Å². The molecule has 15 rings (SSSR count). The summed E-state index contributed by atoms with van der Waals surface area (Å²) >= 11 is 1.85. The molecule has 0 radical (unpaired) electrons. The minimum absolute atomic E-state index is 0.614. The molecule has 324 valence electrons. The van der Waals surface area contributed by atoms with E-state index >= 15 is 0 Å². The molecule has 0 atom stereocenters. The third-order valence-electron chi connectivity index (χ3n) is 14.4. The Morgan fingerprint density at radius 3 is 1.66 bits per heavy atom. The van der Waals surface area contributed by atoms with Crippen molar-refractivity contribution in [2.24, 2.45) is 0 Å². The third-order valence-corrected chi connectivity index (χ3v) is 15.5. The lowest BCUT2D eigenvalue weighted by atomic mass is 9.92. The minimum Gasteiger partial charge on any atom is -0.309 e. The molecule has 0 amide bonds. The SMILES string of the molecule is c1ccc(-c2nc(-c3ccc4c5ccccc5c5ccccc5c4c3)nc(-c3ccc(-n4c5ccccc5c5cc6ccccc6cc54)cc3-c3cccc4sc5ccc6ccccc6c5c34)n2)cc1. The standard InChI is InChI=1S/C65H38N4S/c1-2-16-40(17-3-1)63-66-64(43-29-32-50-48-23-9-8-21-46(48)47-22-10-11-24-49(47)54(50)36-43)68-65(67-63)53-33-31-44(69-57-27-13-12-25-51(57)56-35-41-18-4-5-19-42(41)37-58(56)69)38-55(53)52-26-14-28-59-62(52)61-45-20-7-6-15-39(45)30-34-60(61)70-59/h1-38H. The van der Waals surface area contributed by atoms with E-state index in [0.717, 1.165) is 44.5 Å². The summed E-state index contributed by atoms with van der Waals surface area (Å²) in [5, 5.41) is 17.1. The summed E-state index contributed by atoms with van der Waals surface area (Å²) in [6.45, 7) is 0. The van der Waals surface area contributed by atoms with Crippen LogP contribution in [0.4, 0.5) is 0 Å². The minimum atomic E-state index is 0.614. The lowest BCUT2D eigenvalue weighted by Gasteiger charge is -2.17. The van der Waals surface area contributed by atoms with E-state index in [-0.39, 0.29) is 0 Å². The number of nitrogens with zero attached hydrogens (tertiary/aromatic N) is 4. The van der Waals surface area contributed by atoms with Crippen molar-refractivity contribution >= 4 is 107 Å². The Morgan fingerprint density at radius 1 is 0.286 bits per heavy atom. The van der Waals surface area contributed by atoms with Crippen molar-refractivity contribution in [3.8, 4) is 51.0 Å². The fraction of sp³-hybridized carbons (Fsp3) is 0. The number of hydrogen-bond acceptors (Lipinski definition) is 4. The number of thiophene rings is 1. The predicted octanol–water partition coefficient (Wildman–Crippen LogP) is 17.8. The Bertz CT molecular complexity index is 4630. The van der Waals surface area contributed by atoms with Gasteiger partial charge in [-0.2, -0.15) is 0 Å². The van der Waals surface area contributed by atoms with Crippen LogP contribution in [0.1, 0.15) is 0 Å². The molecule has 15 aromatic rings. The Hall–Kier alpha value is -9.03. The van der Waals surface area contributed by atoms with Crippen LogP contribution in [0, 0.1) is 0 Å². The van der Waals surface area contributed by atoms with Crippen LogP contribution in [0.15, 0.2) is 231 Å². The number of aromatic nitrogens is 4. The monoisotopic (exact) mass is 906 g/mol. The first-order valence-electron chi connectivity index (χ1n) is 23.8. The van der Waals surface area contributed by atoms with Gasteiger partial charge in [0.15, 0.2) is 17.5 Å². The first-order chi connectivity index (χ1) is 34.7. The fourth-order valence-corrected chi connectivity index (χ4v) is 12.4. The zero-order valence-electron chi connectivity index (χ0n) is 37.6. The second-order valence-corrected chi connectivity index (χ2v) is 19.3. The molecule has 0 saturated carbocycles. The molecule has 0 spiro atoms. The van der Waals surface area contributed by atoms with Gasteiger partial charge in [0.2, 0.25) is 0 Å². The maximum Gasteiger partial charge on any atom is 0.164 e. The summed E-state index contributed by atoms with van der Waals surface area (Å²) < 4.78 is 4.93. The van der Waals surface area contributed by atoms with Crippen molar-refractivity contribution in [1.29, 1.82) is 0 Å². The summed E-state index contributed by atoms with van der Waals surface area (Å²) in [6, 6.07) is 83.5. The van der Waals surface area contributed by atoms with E-state index in [4.69, 9.17) is 15.0 Å². The van der Waals surface area contributed by atoms with Crippen molar-refractivity contribution in [3.63, 3.8) is 0 Å². The summed E-state index contributed by atoms with van der Waals surface area (Å²) in [7, 11) is 0. The van der Waals surface area contributed by atoms with Gasteiger partial charge in [0, 0.05) is 53.3 Å². The molecule has 0 saturated heterocycles. The van der Waals surface area contributed by atoms with Crippen LogP contribution < -0.4 is 0 Å². The molecular weight excluding hydrogens is 869 g/mol. The second kappa shape index (κ2) is 15.2. The van der Waals surface area contributed by atoms with Gasteiger partial charge in [0.25, 0.3) is 0 Å². The maximum absolute atomic E-state index is 5.51. The molecule has 0 bridgehead atoms. The first kappa shape index (κ1) is 39.0. The van der Waals surface area contributed by atoms with Gasteiger partial charge in [0.1, 0.15) is 0 Å². The number of para-hydroxylation sites is 1. The summed E-state index contributed by atoms with van der Waals surface area (Å²) in [6.07, 6.45) is 0. The number of hydrogen-bond donors (Lipinski definition) is 0.